The Morgan fingerprint density at radius 2 is 1.74 bits per heavy atom. The van der Waals surface area contributed by atoms with Gasteiger partial charge in [-0.2, -0.15) is 0 Å². The molecule has 2 aliphatic heterocycles. The zero-order valence-corrected chi connectivity index (χ0v) is 18.3. The molecule has 2 amide bonds. The van der Waals surface area contributed by atoms with Gasteiger partial charge in [0, 0.05) is 30.8 Å². The minimum Gasteiger partial charge on any atom is -0.491 e. The Morgan fingerprint density at radius 1 is 1.00 bits per heavy atom. The summed E-state index contributed by atoms with van der Waals surface area (Å²) in [6.45, 7) is 7.63. The van der Waals surface area contributed by atoms with Gasteiger partial charge in [-0.3, -0.25) is 9.59 Å². The number of rotatable bonds is 5. The van der Waals surface area contributed by atoms with Crippen molar-refractivity contribution in [1.82, 2.24) is 9.80 Å². The molecule has 2 aromatic rings. The number of hydrogen-bond acceptors (Lipinski definition) is 4. The first-order chi connectivity index (χ1) is 15.0. The van der Waals surface area contributed by atoms with E-state index in [-0.39, 0.29) is 17.9 Å². The van der Waals surface area contributed by atoms with E-state index in [9.17, 15) is 9.59 Å². The average molecular weight is 423 g/mol. The first-order valence-electron chi connectivity index (χ1n) is 11.0. The summed E-state index contributed by atoms with van der Waals surface area (Å²) in [7, 11) is 0. The maximum atomic E-state index is 13.1. The molecule has 6 nitrogen and oxygen atoms in total. The van der Waals surface area contributed by atoms with E-state index in [1.165, 1.54) is 0 Å². The van der Waals surface area contributed by atoms with Crippen LogP contribution >= 0.6 is 0 Å². The third-order valence-electron chi connectivity index (χ3n) is 6.10. The van der Waals surface area contributed by atoms with E-state index in [4.69, 9.17) is 9.47 Å². The summed E-state index contributed by atoms with van der Waals surface area (Å²) in [6.07, 6.45) is 1.92. The van der Waals surface area contributed by atoms with Gasteiger partial charge in [-0.05, 0) is 62.6 Å². The van der Waals surface area contributed by atoms with Gasteiger partial charge in [-0.25, -0.2) is 0 Å². The molecular weight excluding hydrogens is 392 g/mol. The van der Waals surface area contributed by atoms with E-state index in [0.29, 0.717) is 44.2 Å². The van der Waals surface area contributed by atoms with Gasteiger partial charge in [0.05, 0.1) is 19.3 Å². The van der Waals surface area contributed by atoms with Crippen LogP contribution in [0.25, 0.3) is 0 Å². The highest BCUT2D eigenvalue weighted by Gasteiger charge is 2.30. The van der Waals surface area contributed by atoms with E-state index in [2.05, 4.69) is 0 Å². The van der Waals surface area contributed by atoms with E-state index in [1.54, 1.807) is 12.1 Å². The van der Waals surface area contributed by atoms with Crippen LogP contribution in [-0.4, -0.2) is 67.1 Å². The molecule has 31 heavy (non-hydrogen) atoms. The quantitative estimate of drug-likeness (QED) is 0.741. The van der Waals surface area contributed by atoms with Crippen LogP contribution in [0.2, 0.25) is 0 Å². The highest BCUT2D eigenvalue weighted by molar-refractivity contribution is 5.96. The lowest BCUT2D eigenvalue weighted by Gasteiger charge is -2.27. The highest BCUT2D eigenvalue weighted by atomic mass is 16.5. The normalized spacial score (nSPS) is 18.8. The fourth-order valence-electron chi connectivity index (χ4n) is 4.23. The second-order valence-electron chi connectivity index (χ2n) is 8.35. The number of likely N-dealkylation sites (tertiary alicyclic amines) is 1. The van der Waals surface area contributed by atoms with Gasteiger partial charge < -0.3 is 19.3 Å². The molecule has 0 saturated carbocycles. The third-order valence-corrected chi connectivity index (χ3v) is 6.10. The number of morpholine rings is 1. The summed E-state index contributed by atoms with van der Waals surface area (Å²) in [5.74, 6) is 0.819. The zero-order valence-electron chi connectivity index (χ0n) is 18.3. The molecule has 4 rings (SSSR count). The van der Waals surface area contributed by atoms with Crippen LogP contribution < -0.4 is 4.74 Å². The van der Waals surface area contributed by atoms with E-state index >= 15 is 0 Å². The fourth-order valence-corrected chi connectivity index (χ4v) is 4.23. The van der Waals surface area contributed by atoms with Gasteiger partial charge in [0.2, 0.25) is 0 Å². The smallest absolute Gasteiger partial charge is 0.254 e. The molecule has 2 aromatic carbocycles. The molecule has 0 bridgehead atoms. The van der Waals surface area contributed by atoms with Gasteiger partial charge >= 0.3 is 0 Å². The number of amides is 2. The number of carbonyl (C=O) groups is 2. The van der Waals surface area contributed by atoms with Crippen molar-refractivity contribution in [3.05, 3.63) is 64.7 Å². The van der Waals surface area contributed by atoms with Gasteiger partial charge in [0.1, 0.15) is 12.4 Å². The van der Waals surface area contributed by atoms with Crippen molar-refractivity contribution in [1.29, 1.82) is 0 Å². The molecule has 2 heterocycles. The molecule has 0 spiro atoms. The van der Waals surface area contributed by atoms with Crippen molar-refractivity contribution in [2.75, 3.05) is 39.5 Å². The van der Waals surface area contributed by atoms with Gasteiger partial charge in [-0.15, -0.1) is 0 Å². The Balaban J connectivity index is 1.36. The van der Waals surface area contributed by atoms with Crippen LogP contribution in [0.4, 0.5) is 0 Å². The predicted octanol–water partition coefficient (Wildman–Crippen LogP) is 3.46. The van der Waals surface area contributed by atoms with Crippen molar-refractivity contribution in [3.63, 3.8) is 0 Å². The first-order valence-corrected chi connectivity index (χ1v) is 11.0. The lowest BCUT2D eigenvalue weighted by Crippen LogP contribution is -2.40. The van der Waals surface area contributed by atoms with Crippen molar-refractivity contribution < 1.29 is 19.1 Å². The van der Waals surface area contributed by atoms with Crippen molar-refractivity contribution in [2.24, 2.45) is 0 Å². The molecule has 2 aliphatic rings. The minimum absolute atomic E-state index is 0.0240. The van der Waals surface area contributed by atoms with E-state index in [1.807, 2.05) is 54.0 Å². The molecule has 2 saturated heterocycles. The second kappa shape index (κ2) is 9.52. The molecule has 1 atom stereocenters. The first kappa shape index (κ1) is 21.4. The summed E-state index contributed by atoms with van der Waals surface area (Å²) in [4.78, 5) is 29.5. The number of hydrogen-bond donors (Lipinski definition) is 0. The monoisotopic (exact) mass is 422 g/mol. The van der Waals surface area contributed by atoms with Crippen LogP contribution in [-0.2, 0) is 4.74 Å². The lowest BCUT2D eigenvalue weighted by atomic mass is 10.0. The SMILES string of the molecule is Cc1ccc(C)c(C(=O)N2CCC[C@@H]2COc2ccc(C(=O)N3CCOCC3)cc2)c1. The van der Waals surface area contributed by atoms with Gasteiger partial charge in [0.25, 0.3) is 11.8 Å². The number of ether oxygens (including phenoxy) is 2. The summed E-state index contributed by atoms with van der Waals surface area (Å²) in [5, 5.41) is 0. The number of carbonyl (C=O) groups excluding carboxylic acids is 2. The lowest BCUT2D eigenvalue weighted by molar-refractivity contribution is 0.0303. The van der Waals surface area contributed by atoms with Gasteiger partial charge in [-0.1, -0.05) is 17.7 Å². The molecule has 0 radical (unpaired) electrons. The minimum atomic E-state index is 0.0240. The molecule has 164 valence electrons. The summed E-state index contributed by atoms with van der Waals surface area (Å²) in [5.41, 5.74) is 3.52. The summed E-state index contributed by atoms with van der Waals surface area (Å²) < 4.78 is 11.3. The second-order valence-corrected chi connectivity index (χ2v) is 8.35. The number of nitrogens with zero attached hydrogens (tertiary/aromatic N) is 2. The van der Waals surface area contributed by atoms with Crippen molar-refractivity contribution in [2.45, 2.75) is 32.7 Å². The Hall–Kier alpha value is -2.86. The Morgan fingerprint density at radius 3 is 2.48 bits per heavy atom. The summed E-state index contributed by atoms with van der Waals surface area (Å²) in [6, 6.07) is 13.3. The molecular formula is C25H30N2O4. The Labute approximate surface area is 183 Å². The predicted molar refractivity (Wildman–Crippen MR) is 119 cm³/mol. The largest absolute Gasteiger partial charge is 0.491 e. The maximum absolute atomic E-state index is 13.1. The highest BCUT2D eigenvalue weighted by Crippen LogP contribution is 2.24. The number of aryl methyl sites for hydroxylation is 2. The Kier molecular flexibility index (Phi) is 6.56. The maximum Gasteiger partial charge on any atom is 0.254 e. The third kappa shape index (κ3) is 4.90. The zero-order chi connectivity index (χ0) is 21.8. The van der Waals surface area contributed by atoms with Crippen LogP contribution in [0.1, 0.15) is 44.7 Å². The van der Waals surface area contributed by atoms with E-state index in [0.717, 1.165) is 36.1 Å². The molecule has 2 fully saturated rings. The molecule has 6 heteroatoms. The topological polar surface area (TPSA) is 59.1 Å². The average Bonchev–Trinajstić information content (AvgIpc) is 3.28. The van der Waals surface area contributed by atoms with Crippen LogP contribution in [0, 0.1) is 13.8 Å². The van der Waals surface area contributed by atoms with Crippen molar-refractivity contribution >= 4 is 11.8 Å². The summed E-state index contributed by atoms with van der Waals surface area (Å²) >= 11 is 0. The standard InChI is InChI=1S/C25H30N2O4/c1-18-5-6-19(2)23(16-18)25(29)27-11-3-4-21(27)17-31-22-9-7-20(8-10-22)24(28)26-12-14-30-15-13-26/h5-10,16,21H,3-4,11-15,17H2,1-2H3/t21-/m1/s1. The van der Waals surface area contributed by atoms with Crippen molar-refractivity contribution in [3.8, 4) is 5.75 Å². The molecule has 0 aliphatic carbocycles. The number of benzene rings is 2. The van der Waals surface area contributed by atoms with Crippen LogP contribution in [0.5, 0.6) is 5.75 Å². The Bertz CT molecular complexity index is 935. The van der Waals surface area contributed by atoms with E-state index < -0.39 is 0 Å². The fraction of sp³-hybridized carbons (Fsp3) is 0.440. The van der Waals surface area contributed by atoms with Crippen LogP contribution in [0.15, 0.2) is 42.5 Å². The molecule has 0 unspecified atom stereocenters. The van der Waals surface area contributed by atoms with Gasteiger partial charge in [0.15, 0.2) is 0 Å². The molecule has 0 aromatic heterocycles. The van der Waals surface area contributed by atoms with Crippen LogP contribution in [0.3, 0.4) is 0 Å². The molecule has 0 N–H and O–H groups in total.